The molecule has 2 aliphatic carbocycles. The van der Waals surface area contributed by atoms with Gasteiger partial charge in [0.05, 0.1) is 11.5 Å². The van der Waals surface area contributed by atoms with Crippen LogP contribution in [0.2, 0.25) is 0 Å². The van der Waals surface area contributed by atoms with Crippen LogP contribution >= 0.6 is 0 Å². The summed E-state index contributed by atoms with van der Waals surface area (Å²) in [5.74, 6) is 2.59. The molecule has 24 heavy (non-hydrogen) atoms. The molecule has 0 N–H and O–H groups in total. The third kappa shape index (κ3) is 5.50. The molecule has 0 aliphatic heterocycles. The fourth-order valence-electron chi connectivity index (χ4n) is 5.54. The Bertz CT molecular complexity index is 364. The zero-order chi connectivity index (χ0) is 17.3. The average Bonchev–Trinajstić information content (AvgIpc) is 2.63. The maximum Gasteiger partial charge on any atom is 0.0692 e. The molecule has 2 saturated carbocycles. The lowest BCUT2D eigenvalue weighted by Crippen LogP contribution is -2.36. The molecular weight excluding hydrogens is 290 g/mol. The number of unbranched alkanes of at least 4 members (excludes halogenated alkanes) is 4. The fourth-order valence-corrected chi connectivity index (χ4v) is 5.54. The monoisotopic (exact) mass is 331 g/mol. The summed E-state index contributed by atoms with van der Waals surface area (Å²) in [5, 5.41) is 9.97. The SMILES string of the molecule is CCCCCCC[C@H]1CC[C@](C#N)(C2CCC(CCC)CC2)CC1. The Morgan fingerprint density at radius 3 is 1.96 bits per heavy atom. The molecule has 0 bridgehead atoms. The Labute approximate surface area is 151 Å². The lowest BCUT2D eigenvalue weighted by molar-refractivity contribution is 0.0845. The Morgan fingerprint density at radius 2 is 1.38 bits per heavy atom. The molecular formula is C23H41N. The molecule has 0 aromatic rings. The van der Waals surface area contributed by atoms with E-state index in [9.17, 15) is 5.26 Å². The number of nitriles is 1. The van der Waals surface area contributed by atoms with Crippen molar-refractivity contribution in [2.24, 2.45) is 23.2 Å². The van der Waals surface area contributed by atoms with Gasteiger partial charge in [0.25, 0.3) is 0 Å². The van der Waals surface area contributed by atoms with Crippen LogP contribution in [0.15, 0.2) is 0 Å². The molecule has 2 fully saturated rings. The van der Waals surface area contributed by atoms with Crippen molar-refractivity contribution in [3.63, 3.8) is 0 Å². The summed E-state index contributed by atoms with van der Waals surface area (Å²) < 4.78 is 0. The van der Waals surface area contributed by atoms with E-state index in [1.54, 1.807) is 0 Å². The lowest BCUT2D eigenvalue weighted by atomic mass is 9.59. The summed E-state index contributed by atoms with van der Waals surface area (Å²) in [6.07, 6.45) is 21.7. The first-order valence-corrected chi connectivity index (χ1v) is 11.1. The van der Waals surface area contributed by atoms with Gasteiger partial charge in [0, 0.05) is 0 Å². The van der Waals surface area contributed by atoms with Crippen molar-refractivity contribution in [1.29, 1.82) is 5.26 Å². The van der Waals surface area contributed by atoms with Gasteiger partial charge >= 0.3 is 0 Å². The second kappa shape index (κ2) is 10.5. The molecule has 0 atom stereocenters. The van der Waals surface area contributed by atoms with Gasteiger partial charge in [-0.25, -0.2) is 0 Å². The van der Waals surface area contributed by atoms with Crippen molar-refractivity contribution >= 4 is 0 Å². The van der Waals surface area contributed by atoms with E-state index in [0.717, 1.165) is 11.8 Å². The zero-order valence-corrected chi connectivity index (χ0v) is 16.5. The van der Waals surface area contributed by atoms with Crippen LogP contribution in [-0.4, -0.2) is 0 Å². The third-order valence-electron chi connectivity index (χ3n) is 7.26. The highest BCUT2D eigenvalue weighted by Crippen LogP contribution is 2.50. The normalized spacial score (nSPS) is 34.0. The Morgan fingerprint density at radius 1 is 0.750 bits per heavy atom. The van der Waals surface area contributed by atoms with E-state index in [0.29, 0.717) is 5.92 Å². The molecule has 138 valence electrons. The molecule has 0 heterocycles. The van der Waals surface area contributed by atoms with Gasteiger partial charge in [0.1, 0.15) is 0 Å². The van der Waals surface area contributed by atoms with Crippen molar-refractivity contribution in [3.8, 4) is 6.07 Å². The first-order valence-electron chi connectivity index (χ1n) is 11.1. The summed E-state index contributed by atoms with van der Waals surface area (Å²) in [6, 6.07) is 2.84. The average molecular weight is 332 g/mol. The molecule has 1 nitrogen and oxygen atoms in total. The van der Waals surface area contributed by atoms with Gasteiger partial charge in [-0.05, 0) is 56.3 Å². The van der Waals surface area contributed by atoms with E-state index < -0.39 is 0 Å². The van der Waals surface area contributed by atoms with Gasteiger partial charge in [-0.2, -0.15) is 5.26 Å². The van der Waals surface area contributed by atoms with Gasteiger partial charge in [-0.15, -0.1) is 0 Å². The fraction of sp³-hybridized carbons (Fsp3) is 0.957. The summed E-state index contributed by atoms with van der Waals surface area (Å²) >= 11 is 0. The van der Waals surface area contributed by atoms with E-state index in [2.05, 4.69) is 19.9 Å². The van der Waals surface area contributed by atoms with Crippen LogP contribution in [-0.2, 0) is 0 Å². The van der Waals surface area contributed by atoms with Crippen molar-refractivity contribution in [3.05, 3.63) is 0 Å². The predicted octanol–water partition coefficient (Wildman–Crippen LogP) is 7.65. The van der Waals surface area contributed by atoms with Gasteiger partial charge < -0.3 is 0 Å². The maximum atomic E-state index is 9.97. The van der Waals surface area contributed by atoms with Gasteiger partial charge in [-0.1, -0.05) is 78.1 Å². The van der Waals surface area contributed by atoms with Crippen molar-refractivity contribution in [1.82, 2.24) is 0 Å². The minimum Gasteiger partial charge on any atom is -0.198 e. The van der Waals surface area contributed by atoms with Crippen LogP contribution in [0, 0.1) is 34.5 Å². The highest BCUT2D eigenvalue weighted by atomic mass is 14.5. The predicted molar refractivity (Wildman–Crippen MR) is 104 cm³/mol. The van der Waals surface area contributed by atoms with Crippen LogP contribution in [0.5, 0.6) is 0 Å². The quantitative estimate of drug-likeness (QED) is 0.398. The van der Waals surface area contributed by atoms with E-state index in [4.69, 9.17) is 0 Å². The molecule has 0 amide bonds. The van der Waals surface area contributed by atoms with E-state index in [1.165, 1.54) is 103 Å². The Hall–Kier alpha value is -0.510. The molecule has 0 unspecified atom stereocenters. The highest BCUT2D eigenvalue weighted by molar-refractivity contribution is 5.06. The Kier molecular flexibility index (Phi) is 8.65. The number of nitrogens with zero attached hydrogens (tertiary/aromatic N) is 1. The van der Waals surface area contributed by atoms with E-state index >= 15 is 0 Å². The van der Waals surface area contributed by atoms with Crippen LogP contribution in [0.1, 0.15) is 117 Å². The molecule has 0 saturated heterocycles. The number of hydrogen-bond donors (Lipinski definition) is 0. The molecule has 0 aromatic heterocycles. The van der Waals surface area contributed by atoms with Gasteiger partial charge in [-0.3, -0.25) is 0 Å². The molecule has 1 heteroatoms. The van der Waals surface area contributed by atoms with Crippen molar-refractivity contribution in [2.75, 3.05) is 0 Å². The lowest BCUT2D eigenvalue weighted by Gasteiger charge is -2.43. The highest BCUT2D eigenvalue weighted by Gasteiger charge is 2.43. The number of hydrogen-bond acceptors (Lipinski definition) is 1. The van der Waals surface area contributed by atoms with Gasteiger partial charge in [0.15, 0.2) is 0 Å². The third-order valence-corrected chi connectivity index (χ3v) is 7.26. The van der Waals surface area contributed by atoms with E-state index in [1.807, 2.05) is 0 Å². The van der Waals surface area contributed by atoms with E-state index in [-0.39, 0.29) is 5.41 Å². The largest absolute Gasteiger partial charge is 0.198 e. The summed E-state index contributed by atoms with van der Waals surface area (Å²) in [6.45, 7) is 4.60. The molecule has 2 rings (SSSR count). The molecule has 2 aliphatic rings. The Balaban J connectivity index is 1.72. The standard InChI is InChI=1S/C23H41N/c1-3-5-6-7-8-10-21-15-17-23(19-24,18-16-21)22-13-11-20(9-4-2)12-14-22/h20-22H,3-18H2,1-2H3/t20?,21-,22?,23-. The van der Waals surface area contributed by atoms with Crippen LogP contribution in [0.25, 0.3) is 0 Å². The first kappa shape index (κ1) is 19.8. The topological polar surface area (TPSA) is 23.8 Å². The van der Waals surface area contributed by atoms with Crippen LogP contribution in [0.4, 0.5) is 0 Å². The van der Waals surface area contributed by atoms with Gasteiger partial charge in [0.2, 0.25) is 0 Å². The maximum absolute atomic E-state index is 9.97. The molecule has 0 aromatic carbocycles. The summed E-state index contributed by atoms with van der Waals surface area (Å²) in [4.78, 5) is 0. The van der Waals surface area contributed by atoms with Crippen molar-refractivity contribution < 1.29 is 0 Å². The summed E-state index contributed by atoms with van der Waals surface area (Å²) in [5.41, 5.74) is 0.0515. The second-order valence-corrected chi connectivity index (χ2v) is 8.92. The van der Waals surface area contributed by atoms with Crippen LogP contribution < -0.4 is 0 Å². The number of rotatable bonds is 9. The van der Waals surface area contributed by atoms with Crippen LogP contribution in [0.3, 0.4) is 0 Å². The summed E-state index contributed by atoms with van der Waals surface area (Å²) in [7, 11) is 0. The smallest absolute Gasteiger partial charge is 0.0692 e. The second-order valence-electron chi connectivity index (χ2n) is 8.92. The molecule has 0 radical (unpaired) electrons. The minimum absolute atomic E-state index is 0.0515. The first-order chi connectivity index (χ1) is 11.7. The van der Waals surface area contributed by atoms with Crippen molar-refractivity contribution in [2.45, 2.75) is 117 Å². The molecule has 0 spiro atoms. The minimum atomic E-state index is 0.0515. The zero-order valence-electron chi connectivity index (χ0n) is 16.5.